The van der Waals surface area contributed by atoms with Crippen LogP contribution >= 0.6 is 22.6 Å². The lowest BCUT2D eigenvalue weighted by atomic mass is 10.1. The molecule has 0 N–H and O–H groups in total. The predicted molar refractivity (Wildman–Crippen MR) is 68.5 cm³/mol. The van der Waals surface area contributed by atoms with Gasteiger partial charge in [-0.1, -0.05) is 52.9 Å². The van der Waals surface area contributed by atoms with E-state index in [9.17, 15) is 0 Å². The lowest BCUT2D eigenvalue weighted by Gasteiger charge is -2.22. The monoisotopic (exact) mass is 312 g/mol. The fraction of sp³-hybridized carbons (Fsp3) is 0.417. The van der Waals surface area contributed by atoms with E-state index in [0.717, 1.165) is 19.5 Å². The zero-order valence-electron chi connectivity index (χ0n) is 8.44. The molecule has 1 aromatic carbocycles. The van der Waals surface area contributed by atoms with Crippen molar-refractivity contribution in [1.29, 1.82) is 5.26 Å². The van der Waals surface area contributed by atoms with E-state index in [1.165, 1.54) is 5.56 Å². The molecule has 0 saturated carbocycles. The van der Waals surface area contributed by atoms with Crippen LogP contribution in [0.4, 0.5) is 0 Å². The van der Waals surface area contributed by atoms with Crippen LogP contribution in [0.2, 0.25) is 0 Å². The van der Waals surface area contributed by atoms with Crippen LogP contribution < -0.4 is 0 Å². The van der Waals surface area contributed by atoms with Gasteiger partial charge in [0.1, 0.15) is 0 Å². The molecule has 0 aliphatic carbocycles. The summed E-state index contributed by atoms with van der Waals surface area (Å²) in [6, 6.07) is 12.8. The Balaban J connectivity index is 2.04. The van der Waals surface area contributed by atoms with Gasteiger partial charge in [-0.3, -0.25) is 4.90 Å². The quantitative estimate of drug-likeness (QED) is 0.477. The summed E-state index contributed by atoms with van der Waals surface area (Å²) in [5.41, 5.74) is 1.33. The molecule has 1 saturated heterocycles. The predicted octanol–water partition coefficient (Wildman–Crippen LogP) is 2.97. The number of likely N-dealkylation sites (tertiary alicyclic amines) is 1. The molecule has 1 aliphatic rings. The number of rotatable bonds is 2. The van der Waals surface area contributed by atoms with Gasteiger partial charge in [-0.15, -0.1) is 0 Å². The molecule has 0 aromatic heterocycles. The average Bonchev–Trinajstić information content (AvgIpc) is 2.78. The van der Waals surface area contributed by atoms with Gasteiger partial charge in [0.05, 0.1) is 16.0 Å². The van der Waals surface area contributed by atoms with Crippen LogP contribution in [0.25, 0.3) is 0 Å². The Morgan fingerprint density at radius 1 is 1.40 bits per heavy atom. The normalized spacial score (nSPS) is 23.6. The van der Waals surface area contributed by atoms with Crippen molar-refractivity contribution >= 4 is 22.6 Å². The van der Waals surface area contributed by atoms with Crippen molar-refractivity contribution in [3.8, 4) is 6.07 Å². The summed E-state index contributed by atoms with van der Waals surface area (Å²) in [5.74, 6) is 0.228. The lowest BCUT2D eigenvalue weighted by molar-refractivity contribution is 0.328. The molecule has 2 nitrogen and oxygen atoms in total. The number of hydrogen-bond acceptors (Lipinski definition) is 2. The van der Waals surface area contributed by atoms with Crippen LogP contribution in [-0.4, -0.2) is 18.0 Å². The molecule has 2 atom stereocenters. The molecule has 1 aromatic rings. The first-order valence-electron chi connectivity index (χ1n) is 5.14. The highest BCUT2D eigenvalue weighted by Gasteiger charge is 2.27. The largest absolute Gasteiger partial charge is 0.287 e. The summed E-state index contributed by atoms with van der Waals surface area (Å²) < 4.78 is 0.405. The highest BCUT2D eigenvalue weighted by Crippen LogP contribution is 2.32. The summed E-state index contributed by atoms with van der Waals surface area (Å²) in [7, 11) is 0. The number of nitrogens with zero attached hydrogens (tertiary/aromatic N) is 2. The third kappa shape index (κ3) is 2.50. The number of alkyl halides is 1. The van der Waals surface area contributed by atoms with Gasteiger partial charge in [0, 0.05) is 13.1 Å². The molecule has 1 aliphatic heterocycles. The SMILES string of the molecule is N#CC1CCN(C(I)c2ccccc2)C1. The molecule has 0 radical (unpaired) electrons. The smallest absolute Gasteiger partial charge is 0.0874 e. The van der Waals surface area contributed by atoms with Gasteiger partial charge in [0.25, 0.3) is 0 Å². The molecular weight excluding hydrogens is 299 g/mol. The summed E-state index contributed by atoms with van der Waals surface area (Å²) in [6.45, 7) is 1.96. The maximum absolute atomic E-state index is 8.86. The highest BCUT2D eigenvalue weighted by atomic mass is 127. The van der Waals surface area contributed by atoms with E-state index in [1.54, 1.807) is 0 Å². The highest BCUT2D eigenvalue weighted by molar-refractivity contribution is 14.1. The maximum Gasteiger partial charge on any atom is 0.0874 e. The van der Waals surface area contributed by atoms with Gasteiger partial charge in [-0.25, -0.2) is 0 Å². The molecular formula is C12H13IN2. The van der Waals surface area contributed by atoms with Gasteiger partial charge in [0.15, 0.2) is 0 Å². The molecule has 3 heteroatoms. The van der Waals surface area contributed by atoms with Crippen LogP contribution in [0.3, 0.4) is 0 Å². The molecule has 0 spiro atoms. The second-order valence-corrected chi connectivity index (χ2v) is 5.04. The van der Waals surface area contributed by atoms with Crippen molar-refractivity contribution in [2.75, 3.05) is 13.1 Å². The molecule has 2 unspecified atom stereocenters. The minimum atomic E-state index is 0.228. The first-order chi connectivity index (χ1) is 7.31. The summed E-state index contributed by atoms with van der Waals surface area (Å²) >= 11 is 2.45. The second kappa shape index (κ2) is 4.95. The van der Waals surface area contributed by atoms with E-state index in [-0.39, 0.29) is 5.92 Å². The Morgan fingerprint density at radius 3 is 2.73 bits per heavy atom. The van der Waals surface area contributed by atoms with Crippen molar-refractivity contribution < 1.29 is 0 Å². The van der Waals surface area contributed by atoms with Gasteiger partial charge in [-0.05, 0) is 12.0 Å². The topological polar surface area (TPSA) is 27.0 Å². The van der Waals surface area contributed by atoms with Crippen molar-refractivity contribution in [2.24, 2.45) is 5.92 Å². The average molecular weight is 312 g/mol. The van der Waals surface area contributed by atoms with Gasteiger partial charge in [0.2, 0.25) is 0 Å². The fourth-order valence-electron chi connectivity index (χ4n) is 1.92. The Kier molecular flexibility index (Phi) is 3.60. The van der Waals surface area contributed by atoms with Crippen LogP contribution in [0, 0.1) is 17.2 Å². The van der Waals surface area contributed by atoms with Crippen LogP contribution in [0.15, 0.2) is 30.3 Å². The Morgan fingerprint density at radius 2 is 2.13 bits per heavy atom. The molecule has 0 bridgehead atoms. The molecule has 78 valence electrons. The second-order valence-electron chi connectivity index (χ2n) is 3.86. The van der Waals surface area contributed by atoms with E-state index in [0.29, 0.717) is 4.05 Å². The van der Waals surface area contributed by atoms with Crippen molar-refractivity contribution in [3.05, 3.63) is 35.9 Å². The van der Waals surface area contributed by atoms with Crippen molar-refractivity contribution in [1.82, 2.24) is 4.90 Å². The number of benzene rings is 1. The van der Waals surface area contributed by atoms with Gasteiger partial charge < -0.3 is 0 Å². The molecule has 1 fully saturated rings. The van der Waals surface area contributed by atoms with E-state index >= 15 is 0 Å². The number of hydrogen-bond donors (Lipinski definition) is 0. The number of halogens is 1. The molecule has 2 rings (SSSR count). The van der Waals surface area contributed by atoms with Crippen LogP contribution in [0.1, 0.15) is 16.0 Å². The van der Waals surface area contributed by atoms with E-state index in [2.05, 4.69) is 57.8 Å². The maximum atomic E-state index is 8.86. The van der Waals surface area contributed by atoms with Crippen LogP contribution in [0.5, 0.6) is 0 Å². The molecule has 0 amide bonds. The fourth-order valence-corrected chi connectivity index (χ4v) is 2.84. The minimum absolute atomic E-state index is 0.228. The van der Waals surface area contributed by atoms with Crippen molar-refractivity contribution in [3.63, 3.8) is 0 Å². The van der Waals surface area contributed by atoms with Crippen LogP contribution in [-0.2, 0) is 0 Å². The first-order valence-corrected chi connectivity index (χ1v) is 6.38. The van der Waals surface area contributed by atoms with E-state index < -0.39 is 0 Å². The van der Waals surface area contributed by atoms with E-state index in [4.69, 9.17) is 5.26 Å². The minimum Gasteiger partial charge on any atom is -0.287 e. The zero-order valence-corrected chi connectivity index (χ0v) is 10.6. The van der Waals surface area contributed by atoms with Gasteiger partial charge in [-0.2, -0.15) is 5.26 Å². The Labute approximate surface area is 104 Å². The molecule has 1 heterocycles. The summed E-state index contributed by atoms with van der Waals surface area (Å²) in [6.07, 6.45) is 1.02. The standard InChI is InChI=1S/C12H13IN2/c13-12(11-4-2-1-3-5-11)15-7-6-10(8-14)9-15/h1-5,10,12H,6-7,9H2. The summed E-state index contributed by atoms with van der Waals surface area (Å²) in [4.78, 5) is 2.38. The first kappa shape index (κ1) is 10.9. The Hall–Kier alpha value is -0.600. The number of nitriles is 1. The van der Waals surface area contributed by atoms with Gasteiger partial charge >= 0.3 is 0 Å². The molecule has 15 heavy (non-hydrogen) atoms. The Bertz CT molecular complexity index is 358. The van der Waals surface area contributed by atoms with Crippen molar-refractivity contribution in [2.45, 2.75) is 10.5 Å². The third-order valence-electron chi connectivity index (χ3n) is 2.80. The van der Waals surface area contributed by atoms with E-state index in [1.807, 2.05) is 6.07 Å². The lowest BCUT2D eigenvalue weighted by Crippen LogP contribution is -2.22. The summed E-state index contributed by atoms with van der Waals surface area (Å²) in [5, 5.41) is 8.86. The third-order valence-corrected chi connectivity index (χ3v) is 4.30. The zero-order chi connectivity index (χ0) is 10.7.